The molecule has 3 aromatic rings. The molecular formula is C27H22ClF3N2O4. The Balaban J connectivity index is 1.75. The van der Waals surface area contributed by atoms with E-state index in [1.54, 1.807) is 24.3 Å². The molecule has 0 saturated carbocycles. The summed E-state index contributed by atoms with van der Waals surface area (Å²) in [4.78, 5) is 13.2. The maximum Gasteiger partial charge on any atom is 0.422 e. The van der Waals surface area contributed by atoms with Crippen LogP contribution in [0.3, 0.4) is 0 Å². The molecule has 0 aromatic heterocycles. The predicted octanol–water partition coefficient (Wildman–Crippen LogP) is 6.11. The molecule has 1 heterocycles. The molecule has 1 amide bonds. The number of benzene rings is 3. The van der Waals surface area contributed by atoms with Crippen LogP contribution in [0.2, 0.25) is 5.02 Å². The summed E-state index contributed by atoms with van der Waals surface area (Å²) >= 11 is 6.32. The molecule has 4 rings (SSSR count). The fourth-order valence-electron chi connectivity index (χ4n) is 4.26. The molecule has 1 aliphatic rings. The van der Waals surface area contributed by atoms with Gasteiger partial charge in [-0.3, -0.25) is 4.79 Å². The number of carbonyl (C=O) groups is 1. The van der Waals surface area contributed by atoms with Gasteiger partial charge in [0.05, 0.1) is 18.2 Å². The Morgan fingerprint density at radius 2 is 1.89 bits per heavy atom. The number of nitrogens with zero attached hydrogens (tertiary/aromatic N) is 2. The first kappa shape index (κ1) is 26.3. The number of hydrogen-bond donors (Lipinski definition) is 1. The lowest BCUT2D eigenvalue weighted by Crippen LogP contribution is -2.47. The highest BCUT2D eigenvalue weighted by Gasteiger charge is 2.59. The van der Waals surface area contributed by atoms with E-state index >= 15 is 0 Å². The second kappa shape index (κ2) is 9.96. The van der Waals surface area contributed by atoms with Crippen LogP contribution in [0, 0.1) is 11.3 Å². The van der Waals surface area contributed by atoms with E-state index in [0.29, 0.717) is 11.3 Å². The number of halogens is 4. The van der Waals surface area contributed by atoms with Crippen LogP contribution in [-0.2, 0) is 16.8 Å². The normalized spacial score (nSPS) is 15.7. The van der Waals surface area contributed by atoms with Gasteiger partial charge in [-0.15, -0.1) is 0 Å². The lowest BCUT2D eigenvalue weighted by molar-refractivity contribution is -0.274. The highest BCUT2D eigenvalue weighted by Crippen LogP contribution is 2.51. The zero-order valence-electron chi connectivity index (χ0n) is 19.8. The monoisotopic (exact) mass is 530 g/mol. The number of ether oxygens (including phenoxy) is 2. The highest BCUT2D eigenvalue weighted by molar-refractivity contribution is 6.31. The molecule has 1 aliphatic heterocycles. The van der Waals surface area contributed by atoms with Gasteiger partial charge >= 0.3 is 6.18 Å². The Kier molecular flexibility index (Phi) is 7.09. The van der Waals surface area contributed by atoms with Crippen LogP contribution in [-0.4, -0.2) is 30.8 Å². The number of hydrogen-bond acceptors (Lipinski definition) is 5. The highest BCUT2D eigenvalue weighted by atomic mass is 35.5. The van der Waals surface area contributed by atoms with Gasteiger partial charge in [-0.05, 0) is 59.2 Å². The molecule has 1 N–H and O–H groups in total. The number of anilines is 1. The summed E-state index contributed by atoms with van der Waals surface area (Å²) in [7, 11) is 1.42. The summed E-state index contributed by atoms with van der Waals surface area (Å²) in [6.45, 7) is 0.988. The van der Waals surface area contributed by atoms with Gasteiger partial charge < -0.3 is 19.5 Å². The fourth-order valence-corrected chi connectivity index (χ4v) is 4.54. The molecule has 6 nitrogen and oxygen atoms in total. The van der Waals surface area contributed by atoms with E-state index in [2.05, 4.69) is 0 Å². The molecule has 0 spiro atoms. The van der Waals surface area contributed by atoms with Gasteiger partial charge in [0.15, 0.2) is 12.2 Å². The SMILES string of the molecule is CC(c1cc(Oc2cccc(CC#N)c2)ccc1Cl)C(O)(c1ccc2c(c1)N(C)C(=O)CO2)C(F)(F)F. The van der Waals surface area contributed by atoms with Crippen LogP contribution >= 0.6 is 11.6 Å². The molecule has 0 saturated heterocycles. The van der Waals surface area contributed by atoms with Gasteiger partial charge in [0, 0.05) is 18.0 Å². The molecule has 2 unspecified atom stereocenters. The van der Waals surface area contributed by atoms with Gasteiger partial charge in [-0.1, -0.05) is 36.7 Å². The third-order valence-electron chi connectivity index (χ3n) is 6.40. The number of alkyl halides is 3. The van der Waals surface area contributed by atoms with Crippen molar-refractivity contribution in [2.45, 2.75) is 31.0 Å². The third-order valence-corrected chi connectivity index (χ3v) is 6.74. The Labute approximate surface area is 216 Å². The number of rotatable bonds is 6. The number of amides is 1. The predicted molar refractivity (Wildman–Crippen MR) is 131 cm³/mol. The Morgan fingerprint density at radius 3 is 2.59 bits per heavy atom. The minimum Gasteiger partial charge on any atom is -0.482 e. The second-order valence-corrected chi connectivity index (χ2v) is 9.08. The van der Waals surface area contributed by atoms with Crippen molar-refractivity contribution < 1.29 is 32.5 Å². The zero-order chi connectivity index (χ0) is 27.0. The van der Waals surface area contributed by atoms with E-state index in [1.165, 1.54) is 43.1 Å². The van der Waals surface area contributed by atoms with Crippen molar-refractivity contribution in [1.29, 1.82) is 5.26 Å². The number of fused-ring (bicyclic) bond motifs is 1. The second-order valence-electron chi connectivity index (χ2n) is 8.68. The summed E-state index contributed by atoms with van der Waals surface area (Å²) in [6.07, 6.45) is -4.93. The van der Waals surface area contributed by atoms with Crippen LogP contribution in [0.4, 0.5) is 18.9 Å². The summed E-state index contributed by atoms with van der Waals surface area (Å²) in [6, 6.07) is 16.6. The minimum absolute atomic E-state index is 0.00516. The molecule has 0 radical (unpaired) electrons. The first-order valence-electron chi connectivity index (χ1n) is 11.2. The lowest BCUT2D eigenvalue weighted by atomic mass is 9.77. The largest absolute Gasteiger partial charge is 0.482 e. The van der Waals surface area contributed by atoms with Gasteiger partial charge in [0.2, 0.25) is 0 Å². The van der Waals surface area contributed by atoms with Crippen molar-refractivity contribution in [2.75, 3.05) is 18.6 Å². The third kappa shape index (κ3) is 4.95. The van der Waals surface area contributed by atoms with Crippen molar-refractivity contribution in [3.05, 3.63) is 82.4 Å². The van der Waals surface area contributed by atoms with Crippen LogP contribution in [0.1, 0.15) is 29.5 Å². The maximum atomic E-state index is 14.6. The molecule has 0 fully saturated rings. The summed E-state index contributed by atoms with van der Waals surface area (Å²) in [5, 5.41) is 20.2. The van der Waals surface area contributed by atoms with Crippen molar-refractivity contribution in [3.8, 4) is 23.3 Å². The average Bonchev–Trinajstić information content (AvgIpc) is 2.86. The van der Waals surface area contributed by atoms with E-state index in [4.69, 9.17) is 26.3 Å². The van der Waals surface area contributed by atoms with Crippen LogP contribution < -0.4 is 14.4 Å². The van der Waals surface area contributed by atoms with Crippen molar-refractivity contribution >= 4 is 23.2 Å². The molecule has 37 heavy (non-hydrogen) atoms. The topological polar surface area (TPSA) is 82.8 Å². The van der Waals surface area contributed by atoms with E-state index in [9.17, 15) is 23.1 Å². The Morgan fingerprint density at radius 1 is 1.16 bits per heavy atom. The number of likely N-dealkylation sites (N-methyl/N-ethyl adjacent to an activating group) is 1. The number of nitriles is 1. The molecule has 10 heteroatoms. The van der Waals surface area contributed by atoms with Crippen LogP contribution in [0.25, 0.3) is 0 Å². The van der Waals surface area contributed by atoms with Crippen molar-refractivity contribution in [2.24, 2.45) is 0 Å². The zero-order valence-corrected chi connectivity index (χ0v) is 20.6. The molecule has 2 atom stereocenters. The Hall–Kier alpha value is -3.74. The van der Waals surface area contributed by atoms with Crippen LogP contribution in [0.5, 0.6) is 17.2 Å². The molecular weight excluding hydrogens is 509 g/mol. The van der Waals surface area contributed by atoms with Crippen molar-refractivity contribution in [3.63, 3.8) is 0 Å². The first-order valence-corrected chi connectivity index (χ1v) is 11.6. The summed E-state index contributed by atoms with van der Waals surface area (Å²) in [5.41, 5.74) is -3.00. The van der Waals surface area contributed by atoms with Gasteiger partial charge in [-0.2, -0.15) is 18.4 Å². The van der Waals surface area contributed by atoms with Crippen LogP contribution in [0.15, 0.2) is 60.7 Å². The molecule has 0 aliphatic carbocycles. The average molecular weight is 531 g/mol. The van der Waals surface area contributed by atoms with Crippen molar-refractivity contribution in [1.82, 2.24) is 0 Å². The van der Waals surface area contributed by atoms with E-state index in [1.807, 2.05) is 6.07 Å². The Bertz CT molecular complexity index is 1390. The molecule has 0 bridgehead atoms. The van der Waals surface area contributed by atoms with E-state index < -0.39 is 29.2 Å². The smallest absolute Gasteiger partial charge is 0.422 e. The number of carbonyl (C=O) groups excluding carboxylic acids is 1. The van der Waals surface area contributed by atoms with E-state index in [-0.39, 0.29) is 40.8 Å². The van der Waals surface area contributed by atoms with E-state index in [0.717, 1.165) is 12.1 Å². The first-order chi connectivity index (χ1) is 17.5. The summed E-state index contributed by atoms with van der Waals surface area (Å²) in [5.74, 6) is -1.18. The minimum atomic E-state index is -5.11. The van der Waals surface area contributed by atoms with Gasteiger partial charge in [0.25, 0.3) is 5.91 Å². The number of aliphatic hydroxyl groups is 1. The van der Waals surface area contributed by atoms with Gasteiger partial charge in [-0.25, -0.2) is 0 Å². The lowest BCUT2D eigenvalue weighted by Gasteiger charge is -2.38. The maximum absolute atomic E-state index is 14.6. The molecule has 3 aromatic carbocycles. The van der Waals surface area contributed by atoms with Gasteiger partial charge in [0.1, 0.15) is 17.2 Å². The fraction of sp³-hybridized carbons (Fsp3) is 0.259. The summed E-state index contributed by atoms with van der Waals surface area (Å²) < 4.78 is 54.8. The molecule has 192 valence electrons. The quantitative estimate of drug-likeness (QED) is 0.416. The standard InChI is InChI=1S/C27H22ClF3N2O4/c1-16(21-14-20(7-8-22(21)28)37-19-5-3-4-17(12-19)10-11-32)26(35,27(29,30)31)18-6-9-24-23(13-18)33(2)25(34)15-36-24/h3-9,12-14,16,35H,10,15H2,1-2H3.